The van der Waals surface area contributed by atoms with E-state index in [9.17, 15) is 4.39 Å². The van der Waals surface area contributed by atoms with Gasteiger partial charge in [0.1, 0.15) is 5.82 Å². The lowest BCUT2D eigenvalue weighted by molar-refractivity contribution is 0.140. The third-order valence-electron chi connectivity index (χ3n) is 2.76. The number of benzene rings is 1. The van der Waals surface area contributed by atoms with Gasteiger partial charge >= 0.3 is 0 Å². The minimum Gasteiger partial charge on any atom is -0.382 e. The monoisotopic (exact) mass is 258 g/mol. The minimum atomic E-state index is -0.187. The van der Waals surface area contributed by atoms with E-state index >= 15 is 0 Å². The maximum Gasteiger partial charge on any atom is 0.123 e. The van der Waals surface area contributed by atoms with E-state index in [1.54, 1.807) is 0 Å². The molecule has 1 unspecified atom stereocenters. The Hall–Kier alpha value is -0.600. The number of alkyl halides is 1. The van der Waals surface area contributed by atoms with Gasteiger partial charge in [-0.2, -0.15) is 0 Å². The second-order valence-electron chi connectivity index (χ2n) is 4.19. The van der Waals surface area contributed by atoms with E-state index in [0.29, 0.717) is 11.8 Å². The predicted molar refractivity (Wildman–Crippen MR) is 70.0 cm³/mol. The van der Waals surface area contributed by atoms with Crippen molar-refractivity contribution in [3.63, 3.8) is 0 Å². The molecule has 1 atom stereocenters. The van der Waals surface area contributed by atoms with Gasteiger partial charge in [-0.25, -0.2) is 4.39 Å². The Morgan fingerprint density at radius 2 is 2.00 bits per heavy atom. The fraction of sp³-hybridized carbons (Fsp3) is 0.571. The van der Waals surface area contributed by atoms with Gasteiger partial charge in [-0.15, -0.1) is 11.6 Å². The highest BCUT2D eigenvalue weighted by Crippen LogP contribution is 2.16. The number of rotatable bonds is 8. The lowest BCUT2D eigenvalue weighted by atomic mass is 9.96. The molecule has 0 aliphatic carbocycles. The van der Waals surface area contributed by atoms with E-state index in [2.05, 4.69) is 0 Å². The summed E-state index contributed by atoms with van der Waals surface area (Å²) in [4.78, 5) is 0. The summed E-state index contributed by atoms with van der Waals surface area (Å²) in [7, 11) is 0. The van der Waals surface area contributed by atoms with Crippen molar-refractivity contribution in [1.82, 2.24) is 0 Å². The van der Waals surface area contributed by atoms with E-state index in [4.69, 9.17) is 16.3 Å². The first-order valence-electron chi connectivity index (χ1n) is 6.14. The van der Waals surface area contributed by atoms with Crippen molar-refractivity contribution in [3.05, 3.63) is 35.6 Å². The smallest absolute Gasteiger partial charge is 0.123 e. The highest BCUT2D eigenvalue weighted by atomic mass is 35.5. The van der Waals surface area contributed by atoms with Crippen molar-refractivity contribution < 1.29 is 9.13 Å². The van der Waals surface area contributed by atoms with Crippen molar-refractivity contribution in [2.24, 2.45) is 5.92 Å². The molecule has 0 spiro atoms. The van der Waals surface area contributed by atoms with Gasteiger partial charge in [0.05, 0.1) is 0 Å². The van der Waals surface area contributed by atoms with Crippen molar-refractivity contribution in [1.29, 1.82) is 0 Å². The van der Waals surface area contributed by atoms with Gasteiger partial charge in [0, 0.05) is 19.1 Å². The van der Waals surface area contributed by atoms with Gasteiger partial charge in [0.15, 0.2) is 0 Å². The molecule has 96 valence electrons. The van der Waals surface area contributed by atoms with Crippen molar-refractivity contribution in [2.75, 3.05) is 19.1 Å². The summed E-state index contributed by atoms with van der Waals surface area (Å²) in [6.45, 7) is 3.56. The van der Waals surface area contributed by atoms with Crippen LogP contribution in [0, 0.1) is 11.7 Å². The topological polar surface area (TPSA) is 9.23 Å². The summed E-state index contributed by atoms with van der Waals surface area (Å²) in [6, 6.07) is 6.66. The number of ether oxygens (including phenoxy) is 1. The molecule has 0 saturated carbocycles. The van der Waals surface area contributed by atoms with Crippen LogP contribution in [0.1, 0.15) is 25.3 Å². The van der Waals surface area contributed by atoms with Crippen molar-refractivity contribution in [3.8, 4) is 0 Å². The van der Waals surface area contributed by atoms with Crippen LogP contribution in [0.15, 0.2) is 24.3 Å². The molecule has 17 heavy (non-hydrogen) atoms. The second kappa shape index (κ2) is 8.48. The molecule has 0 amide bonds. The SMILES string of the molecule is CCOCCCC(CCl)Cc1ccc(F)cc1. The van der Waals surface area contributed by atoms with E-state index in [-0.39, 0.29) is 5.82 Å². The molecule has 0 fully saturated rings. The lowest BCUT2D eigenvalue weighted by Gasteiger charge is -2.13. The molecule has 1 aromatic rings. The molecule has 1 rings (SSSR count). The summed E-state index contributed by atoms with van der Waals surface area (Å²) >= 11 is 5.95. The highest BCUT2D eigenvalue weighted by Gasteiger charge is 2.08. The summed E-state index contributed by atoms with van der Waals surface area (Å²) in [5, 5.41) is 0. The van der Waals surface area contributed by atoms with Crippen LogP contribution in [-0.4, -0.2) is 19.1 Å². The molecule has 1 aromatic carbocycles. The van der Waals surface area contributed by atoms with E-state index in [1.165, 1.54) is 12.1 Å². The Morgan fingerprint density at radius 3 is 2.59 bits per heavy atom. The van der Waals surface area contributed by atoms with Crippen LogP contribution in [0.2, 0.25) is 0 Å². The predicted octanol–water partition coefficient (Wildman–Crippen LogP) is 4.04. The number of hydrogen-bond acceptors (Lipinski definition) is 1. The minimum absolute atomic E-state index is 0.187. The Bertz CT molecular complexity index is 300. The Morgan fingerprint density at radius 1 is 1.29 bits per heavy atom. The van der Waals surface area contributed by atoms with Gasteiger partial charge in [-0.05, 0) is 49.8 Å². The quantitative estimate of drug-likeness (QED) is 0.505. The number of halogens is 2. The third-order valence-corrected chi connectivity index (χ3v) is 3.20. The van der Waals surface area contributed by atoms with E-state index in [1.807, 2.05) is 19.1 Å². The van der Waals surface area contributed by atoms with Crippen LogP contribution >= 0.6 is 11.6 Å². The zero-order chi connectivity index (χ0) is 12.5. The maximum atomic E-state index is 12.8. The van der Waals surface area contributed by atoms with Gasteiger partial charge in [-0.1, -0.05) is 12.1 Å². The first-order chi connectivity index (χ1) is 8.26. The van der Waals surface area contributed by atoms with Gasteiger partial charge in [-0.3, -0.25) is 0 Å². The molecule has 0 aromatic heterocycles. The molecule has 0 heterocycles. The molecule has 0 saturated heterocycles. The average molecular weight is 259 g/mol. The molecular weight excluding hydrogens is 239 g/mol. The zero-order valence-electron chi connectivity index (χ0n) is 10.3. The summed E-state index contributed by atoms with van der Waals surface area (Å²) in [6.07, 6.45) is 3.00. The Balaban J connectivity index is 2.33. The van der Waals surface area contributed by atoms with Crippen molar-refractivity contribution >= 4 is 11.6 Å². The van der Waals surface area contributed by atoms with Gasteiger partial charge in [0.25, 0.3) is 0 Å². The zero-order valence-corrected chi connectivity index (χ0v) is 11.0. The molecule has 0 aliphatic heterocycles. The molecule has 3 heteroatoms. The summed E-state index contributed by atoms with van der Waals surface area (Å²) in [5.74, 6) is 0.902. The van der Waals surface area contributed by atoms with E-state index < -0.39 is 0 Å². The molecular formula is C14H20ClFO. The lowest BCUT2D eigenvalue weighted by Crippen LogP contribution is -2.08. The molecule has 0 N–H and O–H groups in total. The molecule has 0 radical (unpaired) electrons. The van der Waals surface area contributed by atoms with Crippen molar-refractivity contribution in [2.45, 2.75) is 26.2 Å². The fourth-order valence-electron chi connectivity index (χ4n) is 1.81. The first kappa shape index (κ1) is 14.5. The standard InChI is InChI=1S/C14H20ClFO/c1-2-17-9-3-4-13(11-15)10-12-5-7-14(16)8-6-12/h5-8,13H,2-4,9-11H2,1H3. The van der Waals surface area contributed by atoms with Crippen LogP contribution in [0.4, 0.5) is 4.39 Å². The normalized spacial score (nSPS) is 12.6. The maximum absolute atomic E-state index is 12.8. The largest absolute Gasteiger partial charge is 0.382 e. The Labute approximate surface area is 108 Å². The van der Waals surface area contributed by atoms with Gasteiger partial charge < -0.3 is 4.74 Å². The van der Waals surface area contributed by atoms with Crippen LogP contribution < -0.4 is 0 Å². The Kier molecular flexibility index (Phi) is 7.22. The van der Waals surface area contributed by atoms with Crippen LogP contribution in [0.3, 0.4) is 0 Å². The number of hydrogen-bond donors (Lipinski definition) is 0. The molecule has 0 aliphatic rings. The third kappa shape index (κ3) is 6.04. The van der Waals surface area contributed by atoms with Gasteiger partial charge in [0.2, 0.25) is 0 Å². The van der Waals surface area contributed by atoms with E-state index in [0.717, 1.165) is 38.0 Å². The van der Waals surface area contributed by atoms with Crippen LogP contribution in [0.25, 0.3) is 0 Å². The first-order valence-corrected chi connectivity index (χ1v) is 6.67. The molecule has 0 bridgehead atoms. The summed E-state index contributed by atoms with van der Waals surface area (Å²) < 4.78 is 18.1. The van der Waals surface area contributed by atoms with Crippen LogP contribution in [0.5, 0.6) is 0 Å². The fourth-order valence-corrected chi connectivity index (χ4v) is 2.07. The average Bonchev–Trinajstić information content (AvgIpc) is 2.35. The highest BCUT2D eigenvalue weighted by molar-refractivity contribution is 6.18. The summed E-state index contributed by atoms with van der Waals surface area (Å²) in [5.41, 5.74) is 1.15. The second-order valence-corrected chi connectivity index (χ2v) is 4.50. The van der Waals surface area contributed by atoms with Crippen LogP contribution in [-0.2, 0) is 11.2 Å². The molecule has 1 nitrogen and oxygen atoms in total.